The zero-order chi connectivity index (χ0) is 20.3. The topological polar surface area (TPSA) is 113 Å². The predicted molar refractivity (Wildman–Crippen MR) is 103 cm³/mol. The van der Waals surface area contributed by atoms with E-state index in [1.807, 2.05) is 0 Å². The number of carboxylic acids is 1. The number of benzene rings is 2. The minimum Gasteiger partial charge on any atom is -0.481 e. The molecular weight excluding hydrogens is 432 g/mol. The fraction of sp³-hybridized carbons (Fsp3) is 0.0526. The molecule has 142 valence electrons. The minimum absolute atomic E-state index is 0.168. The highest BCUT2D eigenvalue weighted by Crippen LogP contribution is 2.28. The van der Waals surface area contributed by atoms with E-state index < -0.39 is 30.4 Å². The maximum atomic E-state index is 12.8. The van der Waals surface area contributed by atoms with Crippen molar-refractivity contribution in [2.24, 2.45) is 0 Å². The van der Waals surface area contributed by atoms with E-state index in [1.165, 1.54) is 12.1 Å². The Bertz CT molecular complexity index is 1000. The summed E-state index contributed by atoms with van der Waals surface area (Å²) in [6.45, 7) is -0.591. The molecule has 1 aliphatic heterocycles. The molecule has 2 aromatic carbocycles. The number of aliphatic carboxylic acids is 1. The second-order valence-electron chi connectivity index (χ2n) is 5.66. The smallest absolute Gasteiger partial charge is 0.341 e. The van der Waals surface area contributed by atoms with Crippen LogP contribution in [-0.2, 0) is 14.4 Å². The molecule has 2 N–H and O–H groups in total. The van der Waals surface area contributed by atoms with Gasteiger partial charge in [0.15, 0.2) is 6.61 Å². The van der Waals surface area contributed by atoms with Crippen molar-refractivity contribution in [2.75, 3.05) is 11.5 Å². The number of carbonyl (C=O) groups is 4. The number of rotatable bonds is 5. The SMILES string of the molecule is O=C(O)COc1ccc(Br)cc1C=C1C(=O)NC(=O)N(c2ccccc2)C1=O. The van der Waals surface area contributed by atoms with Gasteiger partial charge in [-0.2, -0.15) is 0 Å². The summed E-state index contributed by atoms with van der Waals surface area (Å²) in [6.07, 6.45) is 1.25. The largest absolute Gasteiger partial charge is 0.481 e. The molecule has 1 aliphatic rings. The summed E-state index contributed by atoms with van der Waals surface area (Å²) in [5.74, 6) is -2.66. The average molecular weight is 445 g/mol. The number of ether oxygens (including phenoxy) is 1. The fourth-order valence-electron chi connectivity index (χ4n) is 2.53. The number of carbonyl (C=O) groups excluding carboxylic acids is 3. The highest BCUT2D eigenvalue weighted by atomic mass is 79.9. The number of anilines is 1. The number of carboxylic acid groups (broad SMARTS) is 1. The maximum Gasteiger partial charge on any atom is 0.341 e. The van der Waals surface area contributed by atoms with E-state index in [1.54, 1.807) is 42.5 Å². The highest BCUT2D eigenvalue weighted by molar-refractivity contribution is 9.10. The van der Waals surface area contributed by atoms with Gasteiger partial charge in [-0.25, -0.2) is 14.5 Å². The Hall–Kier alpha value is -3.46. The maximum absolute atomic E-state index is 12.8. The molecule has 1 fully saturated rings. The van der Waals surface area contributed by atoms with Crippen LogP contribution in [0.1, 0.15) is 5.56 Å². The van der Waals surface area contributed by atoms with Gasteiger partial charge in [0, 0.05) is 10.0 Å². The Kier molecular flexibility index (Phi) is 5.55. The van der Waals surface area contributed by atoms with Gasteiger partial charge >= 0.3 is 12.0 Å². The van der Waals surface area contributed by atoms with Crippen molar-refractivity contribution in [2.45, 2.75) is 0 Å². The van der Waals surface area contributed by atoms with Crippen LogP contribution in [0, 0.1) is 0 Å². The minimum atomic E-state index is -1.17. The quantitative estimate of drug-likeness (QED) is 0.541. The zero-order valence-corrected chi connectivity index (χ0v) is 15.8. The second kappa shape index (κ2) is 8.05. The Morgan fingerprint density at radius 3 is 2.54 bits per heavy atom. The molecule has 0 bridgehead atoms. The van der Waals surface area contributed by atoms with Gasteiger partial charge in [0.2, 0.25) is 0 Å². The number of imide groups is 2. The fourth-order valence-corrected chi connectivity index (χ4v) is 2.91. The predicted octanol–water partition coefficient (Wildman–Crippen LogP) is 2.58. The van der Waals surface area contributed by atoms with Gasteiger partial charge in [-0.3, -0.25) is 14.9 Å². The molecule has 0 aliphatic carbocycles. The van der Waals surface area contributed by atoms with Crippen LogP contribution in [0.5, 0.6) is 5.75 Å². The molecule has 1 saturated heterocycles. The summed E-state index contributed by atoms with van der Waals surface area (Å²) in [5.41, 5.74) is 0.318. The van der Waals surface area contributed by atoms with Gasteiger partial charge in [0.25, 0.3) is 11.8 Å². The number of hydrogen-bond acceptors (Lipinski definition) is 5. The summed E-state index contributed by atoms with van der Waals surface area (Å²) < 4.78 is 5.84. The molecule has 4 amide bonds. The molecule has 0 radical (unpaired) electrons. The van der Waals surface area contributed by atoms with Gasteiger partial charge in [-0.15, -0.1) is 0 Å². The van der Waals surface area contributed by atoms with E-state index in [4.69, 9.17) is 9.84 Å². The van der Waals surface area contributed by atoms with Crippen LogP contribution in [0.3, 0.4) is 0 Å². The number of halogens is 1. The molecule has 1 heterocycles. The Morgan fingerprint density at radius 1 is 1.14 bits per heavy atom. The van der Waals surface area contributed by atoms with Crippen LogP contribution >= 0.6 is 15.9 Å². The summed E-state index contributed by atoms with van der Waals surface area (Å²) in [7, 11) is 0. The number of nitrogens with zero attached hydrogens (tertiary/aromatic N) is 1. The van der Waals surface area contributed by atoms with Crippen molar-refractivity contribution < 1.29 is 29.0 Å². The average Bonchev–Trinajstić information content (AvgIpc) is 2.65. The van der Waals surface area contributed by atoms with Gasteiger partial charge in [-0.1, -0.05) is 34.1 Å². The number of nitrogens with one attached hydrogen (secondary N) is 1. The van der Waals surface area contributed by atoms with Gasteiger partial charge in [-0.05, 0) is 36.4 Å². The summed E-state index contributed by atoms with van der Waals surface area (Å²) in [4.78, 5) is 48.9. The Labute approximate surface area is 167 Å². The van der Waals surface area contributed by atoms with E-state index in [-0.39, 0.29) is 11.3 Å². The first-order valence-corrected chi connectivity index (χ1v) is 8.77. The van der Waals surface area contributed by atoms with Gasteiger partial charge in [0.1, 0.15) is 11.3 Å². The standard InChI is InChI=1S/C19H13BrN2O6/c20-12-6-7-15(28-10-16(23)24)11(8-12)9-14-17(25)21-19(27)22(18(14)26)13-4-2-1-3-5-13/h1-9H,10H2,(H,23,24)(H,21,25,27). The summed E-state index contributed by atoms with van der Waals surface area (Å²) in [6, 6.07) is 12.0. The monoisotopic (exact) mass is 444 g/mol. The van der Waals surface area contributed by atoms with Crippen molar-refractivity contribution in [3.05, 3.63) is 64.1 Å². The summed E-state index contributed by atoms with van der Waals surface area (Å²) in [5, 5.41) is 10.9. The molecule has 9 heteroatoms. The molecule has 0 aromatic heterocycles. The molecule has 8 nitrogen and oxygen atoms in total. The molecule has 0 unspecified atom stereocenters. The molecule has 0 atom stereocenters. The third-order valence-electron chi connectivity index (χ3n) is 3.74. The lowest BCUT2D eigenvalue weighted by molar-refractivity contribution is -0.139. The van der Waals surface area contributed by atoms with Gasteiger partial charge in [0.05, 0.1) is 5.69 Å². The van der Waals surface area contributed by atoms with Crippen LogP contribution < -0.4 is 15.0 Å². The first-order valence-electron chi connectivity index (χ1n) is 7.97. The van der Waals surface area contributed by atoms with E-state index in [0.29, 0.717) is 15.7 Å². The van der Waals surface area contributed by atoms with E-state index in [0.717, 1.165) is 4.90 Å². The van der Waals surface area contributed by atoms with Crippen LogP contribution in [0.2, 0.25) is 0 Å². The van der Waals surface area contributed by atoms with Gasteiger partial charge < -0.3 is 9.84 Å². The normalized spacial score (nSPS) is 15.5. The highest BCUT2D eigenvalue weighted by Gasteiger charge is 2.36. The zero-order valence-electron chi connectivity index (χ0n) is 14.2. The van der Waals surface area contributed by atoms with E-state index in [9.17, 15) is 19.2 Å². The lowest BCUT2D eigenvalue weighted by Gasteiger charge is -2.26. The van der Waals surface area contributed by atoms with Crippen LogP contribution in [-0.4, -0.2) is 35.5 Å². The van der Waals surface area contributed by atoms with Crippen molar-refractivity contribution in [1.82, 2.24) is 5.32 Å². The van der Waals surface area contributed by atoms with E-state index in [2.05, 4.69) is 21.2 Å². The number of barbiturate groups is 1. The molecule has 0 saturated carbocycles. The second-order valence-corrected chi connectivity index (χ2v) is 6.57. The first-order chi connectivity index (χ1) is 13.4. The molecule has 3 rings (SSSR count). The van der Waals surface area contributed by atoms with Crippen LogP contribution in [0.4, 0.5) is 10.5 Å². The van der Waals surface area contributed by atoms with E-state index >= 15 is 0 Å². The lowest BCUT2D eigenvalue weighted by Crippen LogP contribution is -2.54. The van der Waals surface area contributed by atoms with Crippen molar-refractivity contribution in [1.29, 1.82) is 0 Å². The first kappa shape index (κ1) is 19.3. The Morgan fingerprint density at radius 2 is 1.86 bits per heavy atom. The molecular formula is C19H13BrN2O6. The van der Waals surface area contributed by atoms with Crippen LogP contribution in [0.15, 0.2) is 58.6 Å². The molecule has 28 heavy (non-hydrogen) atoms. The van der Waals surface area contributed by atoms with Crippen molar-refractivity contribution in [3.8, 4) is 5.75 Å². The number of para-hydroxylation sites is 1. The van der Waals surface area contributed by atoms with Crippen molar-refractivity contribution >= 4 is 51.5 Å². The number of hydrogen-bond donors (Lipinski definition) is 2. The number of urea groups is 1. The molecule has 2 aromatic rings. The van der Waals surface area contributed by atoms with Crippen LogP contribution in [0.25, 0.3) is 6.08 Å². The lowest BCUT2D eigenvalue weighted by atomic mass is 10.1. The third-order valence-corrected chi connectivity index (χ3v) is 4.23. The summed E-state index contributed by atoms with van der Waals surface area (Å²) >= 11 is 3.28. The molecule has 0 spiro atoms. The Balaban J connectivity index is 2.02. The third kappa shape index (κ3) is 4.09. The van der Waals surface area contributed by atoms with Crippen molar-refractivity contribution in [3.63, 3.8) is 0 Å². The number of amides is 4.